The first-order chi connectivity index (χ1) is 7.77. The van der Waals surface area contributed by atoms with Crippen molar-refractivity contribution >= 4 is 0 Å². The highest BCUT2D eigenvalue weighted by atomic mass is 15.3. The Morgan fingerprint density at radius 3 is 2.81 bits per heavy atom. The van der Waals surface area contributed by atoms with E-state index in [-0.39, 0.29) is 6.04 Å². The standard InChI is InChI=1S/C11H17N5/c1-4-16-8-7-13-11(16)10(12-2)9-5-6-14-15(9)3/h5-8,10,12H,4H2,1-3H3. The maximum absolute atomic E-state index is 4.41. The van der Waals surface area contributed by atoms with E-state index in [2.05, 4.69) is 26.9 Å². The summed E-state index contributed by atoms with van der Waals surface area (Å²) >= 11 is 0. The summed E-state index contributed by atoms with van der Waals surface area (Å²) in [6.07, 6.45) is 5.63. The van der Waals surface area contributed by atoms with Crippen LogP contribution in [0.15, 0.2) is 24.7 Å². The first kappa shape index (κ1) is 10.9. The maximum Gasteiger partial charge on any atom is 0.132 e. The van der Waals surface area contributed by atoms with Crippen molar-refractivity contribution < 1.29 is 0 Å². The molecule has 5 nitrogen and oxygen atoms in total. The summed E-state index contributed by atoms with van der Waals surface area (Å²) in [6, 6.07) is 2.10. The average Bonchev–Trinajstić information content (AvgIpc) is 2.90. The van der Waals surface area contributed by atoms with Crippen molar-refractivity contribution in [3.8, 4) is 0 Å². The number of aromatic nitrogens is 4. The van der Waals surface area contributed by atoms with Crippen LogP contribution in [0, 0.1) is 0 Å². The molecule has 0 fully saturated rings. The van der Waals surface area contributed by atoms with Crippen molar-refractivity contribution in [3.05, 3.63) is 36.2 Å². The largest absolute Gasteiger partial charge is 0.334 e. The summed E-state index contributed by atoms with van der Waals surface area (Å²) in [7, 11) is 3.88. The number of hydrogen-bond donors (Lipinski definition) is 1. The first-order valence-electron chi connectivity index (χ1n) is 5.44. The highest BCUT2D eigenvalue weighted by Crippen LogP contribution is 2.19. The number of rotatable bonds is 4. The molecule has 0 radical (unpaired) electrons. The first-order valence-corrected chi connectivity index (χ1v) is 5.44. The van der Waals surface area contributed by atoms with Gasteiger partial charge in [-0.05, 0) is 20.0 Å². The molecule has 2 heterocycles. The number of aryl methyl sites for hydroxylation is 2. The molecule has 0 aliphatic rings. The Hall–Kier alpha value is -1.62. The SMILES string of the molecule is CCn1ccnc1C(NC)c1ccnn1C. The topological polar surface area (TPSA) is 47.7 Å². The Balaban J connectivity index is 2.40. The van der Waals surface area contributed by atoms with E-state index >= 15 is 0 Å². The number of nitrogens with zero attached hydrogens (tertiary/aromatic N) is 4. The van der Waals surface area contributed by atoms with Crippen molar-refractivity contribution in [2.45, 2.75) is 19.5 Å². The van der Waals surface area contributed by atoms with Crippen molar-refractivity contribution in [2.75, 3.05) is 7.05 Å². The monoisotopic (exact) mass is 219 g/mol. The lowest BCUT2D eigenvalue weighted by atomic mass is 10.2. The van der Waals surface area contributed by atoms with Crippen LogP contribution in [0.4, 0.5) is 0 Å². The van der Waals surface area contributed by atoms with Gasteiger partial charge < -0.3 is 9.88 Å². The van der Waals surface area contributed by atoms with Gasteiger partial charge in [-0.1, -0.05) is 0 Å². The van der Waals surface area contributed by atoms with Crippen molar-refractivity contribution in [1.82, 2.24) is 24.6 Å². The fraction of sp³-hybridized carbons (Fsp3) is 0.455. The predicted octanol–water partition coefficient (Wildman–Crippen LogP) is 0.945. The number of hydrogen-bond acceptors (Lipinski definition) is 3. The lowest BCUT2D eigenvalue weighted by Gasteiger charge is -2.17. The average molecular weight is 219 g/mol. The third-order valence-corrected chi connectivity index (χ3v) is 2.79. The highest BCUT2D eigenvalue weighted by molar-refractivity contribution is 5.17. The zero-order chi connectivity index (χ0) is 11.5. The second kappa shape index (κ2) is 4.49. The van der Waals surface area contributed by atoms with Crippen LogP contribution in [0.1, 0.15) is 24.5 Å². The molecule has 0 saturated carbocycles. The third-order valence-electron chi connectivity index (χ3n) is 2.79. The molecule has 0 spiro atoms. The molecule has 1 N–H and O–H groups in total. The zero-order valence-electron chi connectivity index (χ0n) is 9.88. The Bertz CT molecular complexity index is 456. The van der Waals surface area contributed by atoms with Crippen molar-refractivity contribution in [2.24, 2.45) is 7.05 Å². The van der Waals surface area contributed by atoms with Gasteiger partial charge in [-0.25, -0.2) is 4.98 Å². The summed E-state index contributed by atoms with van der Waals surface area (Å²) < 4.78 is 4.00. The summed E-state index contributed by atoms with van der Waals surface area (Å²) in [5.41, 5.74) is 1.11. The van der Waals surface area contributed by atoms with Crippen LogP contribution in [0.25, 0.3) is 0 Å². The van der Waals surface area contributed by atoms with Gasteiger partial charge in [-0.15, -0.1) is 0 Å². The van der Waals surface area contributed by atoms with Gasteiger partial charge in [0.1, 0.15) is 11.9 Å². The molecular formula is C11H17N5. The van der Waals surface area contributed by atoms with Crippen molar-refractivity contribution in [3.63, 3.8) is 0 Å². The minimum Gasteiger partial charge on any atom is -0.334 e. The van der Waals surface area contributed by atoms with Gasteiger partial charge in [0.25, 0.3) is 0 Å². The van der Waals surface area contributed by atoms with Crippen LogP contribution in [0.5, 0.6) is 0 Å². The maximum atomic E-state index is 4.41. The molecule has 86 valence electrons. The fourth-order valence-electron chi connectivity index (χ4n) is 1.93. The second-order valence-electron chi connectivity index (χ2n) is 3.67. The van der Waals surface area contributed by atoms with E-state index in [4.69, 9.17) is 0 Å². The molecule has 0 aliphatic heterocycles. The molecule has 2 rings (SSSR count). The van der Waals surface area contributed by atoms with Gasteiger partial charge in [0.2, 0.25) is 0 Å². The predicted molar refractivity (Wildman–Crippen MR) is 62.0 cm³/mol. The lowest BCUT2D eigenvalue weighted by molar-refractivity contribution is 0.548. The molecule has 1 atom stereocenters. The molecule has 16 heavy (non-hydrogen) atoms. The van der Waals surface area contributed by atoms with Gasteiger partial charge in [0, 0.05) is 32.2 Å². The molecule has 2 aromatic heterocycles. The fourth-order valence-corrected chi connectivity index (χ4v) is 1.93. The smallest absolute Gasteiger partial charge is 0.132 e. The molecule has 2 aromatic rings. The van der Waals surface area contributed by atoms with Crippen LogP contribution >= 0.6 is 0 Å². The quantitative estimate of drug-likeness (QED) is 0.832. The lowest BCUT2D eigenvalue weighted by Crippen LogP contribution is -2.24. The van der Waals surface area contributed by atoms with Gasteiger partial charge >= 0.3 is 0 Å². The molecule has 1 unspecified atom stereocenters. The van der Waals surface area contributed by atoms with Gasteiger partial charge in [0.05, 0.1) is 5.69 Å². The van der Waals surface area contributed by atoms with E-state index in [0.717, 1.165) is 18.1 Å². The molecule has 0 aromatic carbocycles. The van der Waals surface area contributed by atoms with E-state index in [1.807, 2.05) is 37.2 Å². The Morgan fingerprint density at radius 1 is 1.44 bits per heavy atom. The highest BCUT2D eigenvalue weighted by Gasteiger charge is 2.19. The van der Waals surface area contributed by atoms with E-state index in [0.29, 0.717) is 0 Å². The van der Waals surface area contributed by atoms with Crippen LogP contribution in [0.3, 0.4) is 0 Å². The summed E-state index contributed by atoms with van der Waals surface area (Å²) in [5.74, 6) is 1.02. The summed E-state index contributed by atoms with van der Waals surface area (Å²) in [6.45, 7) is 3.03. The molecule has 0 aliphatic carbocycles. The molecule has 0 amide bonds. The minimum atomic E-state index is 0.0856. The van der Waals surface area contributed by atoms with Crippen LogP contribution < -0.4 is 5.32 Å². The van der Waals surface area contributed by atoms with Crippen LogP contribution in [-0.2, 0) is 13.6 Å². The molecule has 0 bridgehead atoms. The second-order valence-corrected chi connectivity index (χ2v) is 3.67. The number of imidazole rings is 1. The van der Waals surface area contributed by atoms with E-state index < -0.39 is 0 Å². The Kier molecular flexibility index (Phi) is 3.05. The number of nitrogens with one attached hydrogen (secondary N) is 1. The van der Waals surface area contributed by atoms with Gasteiger partial charge in [-0.3, -0.25) is 4.68 Å². The Morgan fingerprint density at radius 2 is 2.25 bits per heavy atom. The molecule has 5 heteroatoms. The third kappa shape index (κ3) is 1.74. The summed E-state index contributed by atoms with van der Waals surface area (Å²) in [4.78, 5) is 4.41. The van der Waals surface area contributed by atoms with E-state index in [9.17, 15) is 0 Å². The van der Waals surface area contributed by atoms with Gasteiger partial charge in [-0.2, -0.15) is 5.10 Å². The van der Waals surface area contributed by atoms with E-state index in [1.165, 1.54) is 0 Å². The van der Waals surface area contributed by atoms with Crippen LogP contribution in [-0.4, -0.2) is 26.4 Å². The van der Waals surface area contributed by atoms with E-state index in [1.54, 1.807) is 6.20 Å². The van der Waals surface area contributed by atoms with Crippen molar-refractivity contribution in [1.29, 1.82) is 0 Å². The Labute approximate surface area is 95.1 Å². The molecule has 0 saturated heterocycles. The molecular weight excluding hydrogens is 202 g/mol. The minimum absolute atomic E-state index is 0.0856. The normalized spacial score (nSPS) is 12.9. The summed E-state index contributed by atoms with van der Waals surface area (Å²) in [5, 5.41) is 7.47. The zero-order valence-corrected chi connectivity index (χ0v) is 9.88. The van der Waals surface area contributed by atoms with Gasteiger partial charge in [0.15, 0.2) is 0 Å². The van der Waals surface area contributed by atoms with Crippen LogP contribution in [0.2, 0.25) is 0 Å².